The van der Waals surface area contributed by atoms with Crippen LogP contribution in [0.5, 0.6) is 5.75 Å². The van der Waals surface area contributed by atoms with Crippen LogP contribution in [0.3, 0.4) is 0 Å². The lowest BCUT2D eigenvalue weighted by Gasteiger charge is -2.30. The summed E-state index contributed by atoms with van der Waals surface area (Å²) in [5.74, 6) is -0.214. The van der Waals surface area contributed by atoms with E-state index in [0.29, 0.717) is 29.4 Å². The van der Waals surface area contributed by atoms with Crippen molar-refractivity contribution < 1.29 is 18.7 Å². The van der Waals surface area contributed by atoms with Crippen LogP contribution in [0.1, 0.15) is 45.6 Å². The average Bonchev–Trinajstić information content (AvgIpc) is 2.76. The van der Waals surface area contributed by atoms with Crippen LogP contribution in [0.25, 0.3) is 0 Å². The molecule has 0 aliphatic heterocycles. The summed E-state index contributed by atoms with van der Waals surface area (Å²) in [6.07, 6.45) is 1.43. The predicted molar refractivity (Wildman–Crippen MR) is 120 cm³/mol. The van der Waals surface area contributed by atoms with Crippen LogP contribution in [0.15, 0.2) is 48.5 Å². The first-order valence-corrected chi connectivity index (χ1v) is 10.9. The van der Waals surface area contributed by atoms with Gasteiger partial charge in [0.15, 0.2) is 0 Å². The second kappa shape index (κ2) is 12.3. The standard InChI is InChI=1S/C24H30ClFN2O3/c1-4-17(2)27-24(30)18(3)28(16-19-8-5-6-9-22(19)26)23(29)10-7-15-31-21-13-11-20(25)12-14-21/h5-6,8-9,11-14,17-18H,4,7,10,15-16H2,1-3H3,(H,27,30). The van der Waals surface area contributed by atoms with Crippen LogP contribution in [0, 0.1) is 5.82 Å². The van der Waals surface area contributed by atoms with Gasteiger partial charge in [-0.25, -0.2) is 4.39 Å². The summed E-state index contributed by atoms with van der Waals surface area (Å²) in [7, 11) is 0. The van der Waals surface area contributed by atoms with E-state index < -0.39 is 11.9 Å². The van der Waals surface area contributed by atoms with Gasteiger partial charge in [0, 0.05) is 29.6 Å². The molecule has 0 fully saturated rings. The van der Waals surface area contributed by atoms with E-state index >= 15 is 0 Å². The zero-order chi connectivity index (χ0) is 22.8. The number of hydrogen-bond acceptors (Lipinski definition) is 3. The minimum absolute atomic E-state index is 0.00635. The molecule has 0 aromatic heterocycles. The molecule has 0 aliphatic rings. The summed E-state index contributed by atoms with van der Waals surface area (Å²) in [5.41, 5.74) is 0.372. The van der Waals surface area contributed by atoms with Crippen molar-refractivity contribution >= 4 is 23.4 Å². The van der Waals surface area contributed by atoms with Gasteiger partial charge in [-0.15, -0.1) is 0 Å². The Morgan fingerprint density at radius 2 is 1.81 bits per heavy atom. The number of rotatable bonds is 11. The maximum atomic E-state index is 14.2. The average molecular weight is 449 g/mol. The summed E-state index contributed by atoms with van der Waals surface area (Å²) in [5, 5.41) is 3.52. The molecular formula is C24H30ClFN2O3. The minimum Gasteiger partial charge on any atom is -0.494 e. The van der Waals surface area contributed by atoms with Gasteiger partial charge in [0.05, 0.1) is 6.61 Å². The normalized spacial score (nSPS) is 12.7. The van der Waals surface area contributed by atoms with E-state index in [9.17, 15) is 14.0 Å². The molecule has 0 spiro atoms. The van der Waals surface area contributed by atoms with Gasteiger partial charge in [-0.1, -0.05) is 36.7 Å². The first-order valence-electron chi connectivity index (χ1n) is 10.5. The van der Waals surface area contributed by atoms with Crippen molar-refractivity contribution in [2.24, 2.45) is 0 Å². The number of halogens is 2. The quantitative estimate of drug-likeness (QED) is 0.494. The topological polar surface area (TPSA) is 58.6 Å². The SMILES string of the molecule is CCC(C)NC(=O)C(C)N(Cc1ccccc1F)C(=O)CCCOc1ccc(Cl)cc1. The summed E-state index contributed by atoms with van der Waals surface area (Å²) < 4.78 is 19.8. The highest BCUT2D eigenvalue weighted by Crippen LogP contribution is 2.17. The predicted octanol–water partition coefficient (Wildman–Crippen LogP) is 4.97. The molecule has 0 heterocycles. The second-order valence-electron chi connectivity index (χ2n) is 7.51. The zero-order valence-corrected chi connectivity index (χ0v) is 19.0. The molecule has 0 radical (unpaired) electrons. The van der Waals surface area contributed by atoms with E-state index in [-0.39, 0.29) is 30.8 Å². The van der Waals surface area contributed by atoms with E-state index in [2.05, 4.69) is 5.32 Å². The summed E-state index contributed by atoms with van der Waals surface area (Å²) in [4.78, 5) is 27.0. The van der Waals surface area contributed by atoms with Gasteiger partial charge in [0.1, 0.15) is 17.6 Å². The van der Waals surface area contributed by atoms with Crippen molar-refractivity contribution in [3.8, 4) is 5.75 Å². The summed E-state index contributed by atoms with van der Waals surface area (Å²) >= 11 is 5.86. The molecular weight excluding hydrogens is 419 g/mol. The Labute approximate surface area is 188 Å². The van der Waals surface area contributed by atoms with Gasteiger partial charge in [-0.3, -0.25) is 9.59 Å². The minimum atomic E-state index is -0.724. The third kappa shape index (κ3) is 7.87. The van der Waals surface area contributed by atoms with E-state index in [1.54, 1.807) is 49.4 Å². The first-order chi connectivity index (χ1) is 14.8. The molecule has 2 aromatic carbocycles. The molecule has 7 heteroatoms. The Kier molecular flexibility index (Phi) is 9.79. The fraction of sp³-hybridized carbons (Fsp3) is 0.417. The van der Waals surface area contributed by atoms with Gasteiger partial charge in [0.2, 0.25) is 11.8 Å². The monoisotopic (exact) mass is 448 g/mol. The number of hydrogen-bond donors (Lipinski definition) is 1. The van der Waals surface area contributed by atoms with Crippen molar-refractivity contribution in [1.82, 2.24) is 10.2 Å². The molecule has 31 heavy (non-hydrogen) atoms. The molecule has 1 N–H and O–H groups in total. The summed E-state index contributed by atoms with van der Waals surface area (Å²) in [6, 6.07) is 12.5. The lowest BCUT2D eigenvalue weighted by Crippen LogP contribution is -2.49. The molecule has 5 nitrogen and oxygen atoms in total. The van der Waals surface area contributed by atoms with Crippen molar-refractivity contribution in [2.45, 2.75) is 58.7 Å². The van der Waals surface area contributed by atoms with Gasteiger partial charge in [0.25, 0.3) is 0 Å². The molecule has 2 amide bonds. The lowest BCUT2D eigenvalue weighted by molar-refractivity contribution is -0.141. The number of ether oxygens (including phenoxy) is 1. The number of nitrogens with zero attached hydrogens (tertiary/aromatic N) is 1. The highest BCUT2D eigenvalue weighted by molar-refractivity contribution is 6.30. The van der Waals surface area contributed by atoms with E-state index in [1.807, 2.05) is 13.8 Å². The van der Waals surface area contributed by atoms with Gasteiger partial charge >= 0.3 is 0 Å². The Morgan fingerprint density at radius 3 is 2.45 bits per heavy atom. The molecule has 0 bridgehead atoms. The number of nitrogens with one attached hydrogen (secondary N) is 1. The van der Waals surface area contributed by atoms with Crippen LogP contribution in [0.2, 0.25) is 5.02 Å². The van der Waals surface area contributed by atoms with Gasteiger partial charge in [-0.05, 0) is 57.0 Å². The van der Waals surface area contributed by atoms with Crippen LogP contribution < -0.4 is 10.1 Å². The third-order valence-electron chi connectivity index (χ3n) is 5.08. The number of amides is 2. The molecule has 2 rings (SSSR count). The highest BCUT2D eigenvalue weighted by Gasteiger charge is 2.27. The van der Waals surface area contributed by atoms with Crippen LogP contribution in [-0.4, -0.2) is 35.4 Å². The van der Waals surface area contributed by atoms with Crippen LogP contribution >= 0.6 is 11.6 Å². The summed E-state index contributed by atoms with van der Waals surface area (Å²) in [6.45, 7) is 5.91. The van der Waals surface area contributed by atoms with Crippen molar-refractivity contribution in [3.63, 3.8) is 0 Å². The Balaban J connectivity index is 2.01. The fourth-order valence-electron chi connectivity index (χ4n) is 2.95. The molecule has 168 valence electrons. The molecule has 2 unspecified atom stereocenters. The van der Waals surface area contributed by atoms with Crippen molar-refractivity contribution in [2.75, 3.05) is 6.61 Å². The zero-order valence-electron chi connectivity index (χ0n) is 18.2. The van der Waals surface area contributed by atoms with E-state index in [4.69, 9.17) is 16.3 Å². The Hall–Kier alpha value is -2.60. The fourth-order valence-corrected chi connectivity index (χ4v) is 3.07. The van der Waals surface area contributed by atoms with E-state index in [1.165, 1.54) is 11.0 Å². The first kappa shape index (κ1) is 24.7. The smallest absolute Gasteiger partial charge is 0.242 e. The Morgan fingerprint density at radius 1 is 1.13 bits per heavy atom. The second-order valence-corrected chi connectivity index (χ2v) is 7.95. The number of carbonyl (C=O) groups is 2. The van der Waals surface area contributed by atoms with Crippen LogP contribution in [-0.2, 0) is 16.1 Å². The third-order valence-corrected chi connectivity index (χ3v) is 5.34. The maximum absolute atomic E-state index is 14.2. The van der Waals surface area contributed by atoms with Gasteiger partial charge in [-0.2, -0.15) is 0 Å². The molecule has 0 aliphatic carbocycles. The highest BCUT2D eigenvalue weighted by atomic mass is 35.5. The lowest BCUT2D eigenvalue weighted by atomic mass is 10.1. The molecule has 2 aromatic rings. The molecule has 2 atom stereocenters. The van der Waals surface area contributed by atoms with Crippen molar-refractivity contribution in [3.05, 3.63) is 64.9 Å². The number of carbonyl (C=O) groups excluding carboxylic acids is 2. The molecule has 0 saturated heterocycles. The van der Waals surface area contributed by atoms with Gasteiger partial charge < -0.3 is 15.0 Å². The Bertz CT molecular complexity index is 860. The van der Waals surface area contributed by atoms with Crippen LogP contribution in [0.4, 0.5) is 4.39 Å². The number of benzene rings is 2. The largest absolute Gasteiger partial charge is 0.494 e. The molecule has 0 saturated carbocycles. The van der Waals surface area contributed by atoms with E-state index in [0.717, 1.165) is 6.42 Å². The maximum Gasteiger partial charge on any atom is 0.242 e. The van der Waals surface area contributed by atoms with Crippen molar-refractivity contribution in [1.29, 1.82) is 0 Å².